The molecule has 0 radical (unpaired) electrons. The molecule has 0 bridgehead atoms. The van der Waals surface area contributed by atoms with Crippen LogP contribution in [0.25, 0.3) is 0 Å². The highest BCUT2D eigenvalue weighted by atomic mass is 16.6. The lowest BCUT2D eigenvalue weighted by atomic mass is 9.85. The second-order valence-corrected chi connectivity index (χ2v) is 5.38. The second-order valence-electron chi connectivity index (χ2n) is 5.38. The van der Waals surface area contributed by atoms with E-state index in [1.54, 1.807) is 19.2 Å². The Balaban J connectivity index is 2.05. The third kappa shape index (κ3) is 3.51. The maximum atomic E-state index is 11.1. The molecule has 1 aliphatic carbocycles. The van der Waals surface area contributed by atoms with Gasteiger partial charge in [0, 0.05) is 25.6 Å². The Morgan fingerprint density at radius 3 is 2.86 bits per heavy atom. The van der Waals surface area contributed by atoms with E-state index in [0.29, 0.717) is 5.75 Å². The molecular formula is C15H22N2O4. The predicted octanol–water partition coefficient (Wildman–Crippen LogP) is 2.44. The number of hydrogen-bond acceptors (Lipinski definition) is 5. The number of hydrogen-bond donors (Lipinski definition) is 1. The Bertz CT molecular complexity index is 506. The van der Waals surface area contributed by atoms with E-state index >= 15 is 0 Å². The van der Waals surface area contributed by atoms with E-state index in [0.717, 1.165) is 24.9 Å². The SMILES string of the molecule is CCCNC1CC(Oc2cc(C)ccc2[N+](=O)[O-])C1OC. The van der Waals surface area contributed by atoms with Crippen LogP contribution in [0.4, 0.5) is 5.69 Å². The Kier molecular flexibility index (Phi) is 5.14. The van der Waals surface area contributed by atoms with E-state index in [1.807, 2.05) is 6.92 Å². The average molecular weight is 294 g/mol. The number of nitrogens with one attached hydrogen (secondary N) is 1. The van der Waals surface area contributed by atoms with Gasteiger partial charge < -0.3 is 14.8 Å². The summed E-state index contributed by atoms with van der Waals surface area (Å²) in [5.41, 5.74) is 0.935. The number of nitro benzene ring substituents is 1. The van der Waals surface area contributed by atoms with Crippen LogP contribution in [-0.2, 0) is 4.74 Å². The van der Waals surface area contributed by atoms with E-state index in [9.17, 15) is 10.1 Å². The van der Waals surface area contributed by atoms with Gasteiger partial charge in [-0.1, -0.05) is 13.0 Å². The molecule has 1 N–H and O–H groups in total. The zero-order valence-electron chi connectivity index (χ0n) is 12.7. The quantitative estimate of drug-likeness (QED) is 0.617. The van der Waals surface area contributed by atoms with Gasteiger partial charge in [0.25, 0.3) is 0 Å². The predicted molar refractivity (Wildman–Crippen MR) is 79.7 cm³/mol. The molecule has 3 atom stereocenters. The van der Waals surface area contributed by atoms with Crippen molar-refractivity contribution in [2.24, 2.45) is 0 Å². The number of ether oxygens (including phenoxy) is 2. The highest BCUT2D eigenvalue weighted by Gasteiger charge is 2.43. The monoisotopic (exact) mass is 294 g/mol. The average Bonchev–Trinajstić information content (AvgIpc) is 2.42. The van der Waals surface area contributed by atoms with Gasteiger partial charge >= 0.3 is 5.69 Å². The van der Waals surface area contributed by atoms with E-state index in [-0.39, 0.29) is 23.9 Å². The summed E-state index contributed by atoms with van der Waals surface area (Å²) in [5, 5.41) is 14.5. The van der Waals surface area contributed by atoms with Crippen LogP contribution in [0, 0.1) is 17.0 Å². The molecule has 0 heterocycles. The fourth-order valence-electron chi connectivity index (χ4n) is 2.57. The van der Waals surface area contributed by atoms with Crippen molar-refractivity contribution in [2.75, 3.05) is 13.7 Å². The fourth-order valence-corrected chi connectivity index (χ4v) is 2.57. The lowest BCUT2D eigenvalue weighted by molar-refractivity contribution is -0.386. The van der Waals surface area contributed by atoms with Gasteiger partial charge in [-0.05, 0) is 31.5 Å². The minimum absolute atomic E-state index is 0.000389. The number of aryl methyl sites for hydroxylation is 1. The number of nitrogens with zero attached hydrogens (tertiary/aromatic N) is 1. The zero-order chi connectivity index (χ0) is 15.4. The Morgan fingerprint density at radius 1 is 1.48 bits per heavy atom. The molecule has 1 aromatic rings. The molecule has 0 amide bonds. The molecule has 1 aromatic carbocycles. The fraction of sp³-hybridized carbons (Fsp3) is 0.600. The molecule has 1 aliphatic rings. The third-order valence-electron chi connectivity index (χ3n) is 3.77. The first-order valence-electron chi connectivity index (χ1n) is 7.24. The summed E-state index contributed by atoms with van der Waals surface area (Å²) >= 11 is 0. The first-order valence-corrected chi connectivity index (χ1v) is 7.24. The number of methoxy groups -OCH3 is 1. The van der Waals surface area contributed by atoms with Crippen LogP contribution >= 0.6 is 0 Å². The van der Waals surface area contributed by atoms with Crippen LogP contribution in [0.2, 0.25) is 0 Å². The molecule has 116 valence electrons. The summed E-state index contributed by atoms with van der Waals surface area (Å²) in [5.74, 6) is 0.320. The van der Waals surface area contributed by atoms with Gasteiger partial charge in [0.15, 0.2) is 5.75 Å². The van der Waals surface area contributed by atoms with Crippen LogP contribution in [-0.4, -0.2) is 36.8 Å². The van der Waals surface area contributed by atoms with E-state index in [4.69, 9.17) is 9.47 Å². The minimum atomic E-state index is -0.415. The van der Waals surface area contributed by atoms with E-state index in [2.05, 4.69) is 12.2 Å². The molecule has 2 rings (SSSR count). The summed E-state index contributed by atoms with van der Waals surface area (Å²) < 4.78 is 11.3. The topological polar surface area (TPSA) is 73.6 Å². The van der Waals surface area contributed by atoms with Gasteiger partial charge in [-0.15, -0.1) is 0 Å². The first-order chi connectivity index (χ1) is 10.1. The van der Waals surface area contributed by atoms with Gasteiger partial charge in [0.2, 0.25) is 0 Å². The Morgan fingerprint density at radius 2 is 2.24 bits per heavy atom. The molecular weight excluding hydrogens is 272 g/mol. The van der Waals surface area contributed by atoms with Crippen molar-refractivity contribution in [3.63, 3.8) is 0 Å². The van der Waals surface area contributed by atoms with E-state index < -0.39 is 4.92 Å². The van der Waals surface area contributed by atoms with Crippen LogP contribution in [0.3, 0.4) is 0 Å². The first kappa shape index (κ1) is 15.7. The molecule has 0 saturated heterocycles. The molecule has 0 aromatic heterocycles. The summed E-state index contributed by atoms with van der Waals surface area (Å²) in [6, 6.07) is 5.16. The van der Waals surface area contributed by atoms with Gasteiger partial charge in [-0.3, -0.25) is 10.1 Å². The second kappa shape index (κ2) is 6.87. The van der Waals surface area contributed by atoms with Gasteiger partial charge in [0.05, 0.1) is 4.92 Å². The summed E-state index contributed by atoms with van der Waals surface area (Å²) in [4.78, 5) is 10.6. The van der Waals surface area contributed by atoms with Crippen molar-refractivity contribution in [1.82, 2.24) is 5.32 Å². The van der Waals surface area contributed by atoms with Gasteiger partial charge in [0.1, 0.15) is 12.2 Å². The standard InChI is InChI=1S/C15H22N2O4/c1-4-7-16-11-9-14(15(11)20-3)21-13-8-10(2)5-6-12(13)17(18)19/h5-6,8,11,14-16H,4,7,9H2,1-3H3. The zero-order valence-corrected chi connectivity index (χ0v) is 12.7. The highest BCUT2D eigenvalue weighted by Crippen LogP contribution is 2.34. The van der Waals surface area contributed by atoms with Crippen molar-refractivity contribution in [3.8, 4) is 5.75 Å². The molecule has 6 nitrogen and oxygen atoms in total. The smallest absolute Gasteiger partial charge is 0.310 e. The summed E-state index contributed by atoms with van der Waals surface area (Å²) in [7, 11) is 1.64. The van der Waals surface area contributed by atoms with E-state index in [1.165, 1.54) is 6.07 Å². The van der Waals surface area contributed by atoms with Crippen LogP contribution in [0.15, 0.2) is 18.2 Å². The number of benzene rings is 1. The van der Waals surface area contributed by atoms with Crippen LogP contribution < -0.4 is 10.1 Å². The maximum Gasteiger partial charge on any atom is 0.310 e. The Labute approximate surface area is 124 Å². The van der Waals surface area contributed by atoms with Gasteiger partial charge in [-0.2, -0.15) is 0 Å². The van der Waals surface area contributed by atoms with Crippen molar-refractivity contribution >= 4 is 5.69 Å². The van der Waals surface area contributed by atoms with Crippen molar-refractivity contribution in [3.05, 3.63) is 33.9 Å². The molecule has 0 spiro atoms. The molecule has 1 saturated carbocycles. The number of nitro groups is 1. The molecule has 21 heavy (non-hydrogen) atoms. The molecule has 0 aliphatic heterocycles. The van der Waals surface area contributed by atoms with Crippen molar-refractivity contribution < 1.29 is 14.4 Å². The lowest BCUT2D eigenvalue weighted by Gasteiger charge is -2.43. The lowest BCUT2D eigenvalue weighted by Crippen LogP contribution is -2.61. The summed E-state index contributed by atoms with van der Waals surface area (Å²) in [6.07, 6.45) is 1.63. The molecule has 6 heteroatoms. The van der Waals surface area contributed by atoms with Gasteiger partial charge in [-0.25, -0.2) is 0 Å². The molecule has 3 unspecified atom stereocenters. The summed E-state index contributed by atoms with van der Waals surface area (Å²) in [6.45, 7) is 4.93. The van der Waals surface area contributed by atoms with Crippen LogP contribution in [0.1, 0.15) is 25.3 Å². The third-order valence-corrected chi connectivity index (χ3v) is 3.77. The minimum Gasteiger partial charge on any atom is -0.481 e. The molecule has 1 fully saturated rings. The highest BCUT2D eigenvalue weighted by molar-refractivity contribution is 5.48. The number of rotatable bonds is 7. The maximum absolute atomic E-state index is 11.1. The van der Waals surface area contributed by atoms with Crippen molar-refractivity contribution in [2.45, 2.75) is 44.9 Å². The Hall–Kier alpha value is -1.66. The van der Waals surface area contributed by atoms with Crippen molar-refractivity contribution in [1.29, 1.82) is 0 Å². The normalized spacial score (nSPS) is 24.4. The largest absolute Gasteiger partial charge is 0.481 e. The van der Waals surface area contributed by atoms with Crippen LogP contribution in [0.5, 0.6) is 5.75 Å².